The third-order valence-electron chi connectivity index (χ3n) is 3.93. The molecule has 8 heteroatoms. The Hall–Kier alpha value is -2.35. The molecule has 1 aliphatic carbocycles. The molecule has 0 unspecified atom stereocenters. The molecule has 7 nitrogen and oxygen atoms in total. The zero-order valence-corrected chi connectivity index (χ0v) is 14.9. The first-order chi connectivity index (χ1) is 12.1. The van der Waals surface area contributed by atoms with Crippen molar-refractivity contribution in [2.24, 2.45) is 5.73 Å². The number of carbonyl (C=O) groups excluding carboxylic acids is 2. The molecule has 1 saturated carbocycles. The Kier molecular flexibility index (Phi) is 5.37. The number of hydrogen-bond acceptors (Lipinski definition) is 5. The summed E-state index contributed by atoms with van der Waals surface area (Å²) in [6.07, 6.45) is 3.32. The summed E-state index contributed by atoms with van der Waals surface area (Å²) < 4.78 is 2.12. The second kappa shape index (κ2) is 7.69. The average Bonchev–Trinajstić information content (AvgIpc) is 3.36. The van der Waals surface area contributed by atoms with Crippen molar-refractivity contribution in [3.05, 3.63) is 35.7 Å². The van der Waals surface area contributed by atoms with Gasteiger partial charge in [-0.05, 0) is 31.4 Å². The number of anilines is 1. The summed E-state index contributed by atoms with van der Waals surface area (Å²) in [7, 11) is 0. The summed E-state index contributed by atoms with van der Waals surface area (Å²) in [5.74, 6) is 0.964. The third kappa shape index (κ3) is 4.19. The molecule has 25 heavy (non-hydrogen) atoms. The number of rotatable bonds is 8. The highest BCUT2D eigenvalue weighted by Crippen LogP contribution is 2.40. The van der Waals surface area contributed by atoms with Gasteiger partial charge < -0.3 is 15.6 Å². The van der Waals surface area contributed by atoms with Crippen LogP contribution in [0.1, 0.15) is 48.3 Å². The Morgan fingerprint density at radius 3 is 2.76 bits per heavy atom. The smallest absolute Gasteiger partial charge is 0.250 e. The number of benzene rings is 1. The standard InChI is InChI=1S/C17H21N5O2S/c1-2-9-22-16(11-7-8-11)20-21-17(22)25-10-14(23)19-13-6-4-3-5-12(13)15(18)24/h3-6,11H,2,7-10H2,1H3,(H2,18,24)(H,19,23). The van der Waals surface area contributed by atoms with Gasteiger partial charge in [-0.3, -0.25) is 9.59 Å². The Morgan fingerprint density at radius 2 is 2.08 bits per heavy atom. The number of hydrogen-bond donors (Lipinski definition) is 2. The fourth-order valence-electron chi connectivity index (χ4n) is 2.61. The molecule has 1 aliphatic rings. The SMILES string of the molecule is CCCn1c(SCC(=O)Nc2ccccc2C(N)=O)nnc1C1CC1. The first-order valence-corrected chi connectivity index (χ1v) is 9.33. The van der Waals surface area contributed by atoms with Crippen LogP contribution in [0.3, 0.4) is 0 Å². The van der Waals surface area contributed by atoms with Crippen LogP contribution in [0.25, 0.3) is 0 Å². The second-order valence-electron chi connectivity index (χ2n) is 6.01. The van der Waals surface area contributed by atoms with Gasteiger partial charge in [0.1, 0.15) is 5.82 Å². The lowest BCUT2D eigenvalue weighted by Gasteiger charge is -2.10. The van der Waals surface area contributed by atoms with Crippen molar-refractivity contribution in [3.63, 3.8) is 0 Å². The fourth-order valence-corrected chi connectivity index (χ4v) is 3.38. The van der Waals surface area contributed by atoms with Crippen LogP contribution in [-0.4, -0.2) is 32.3 Å². The van der Waals surface area contributed by atoms with E-state index in [2.05, 4.69) is 27.0 Å². The zero-order valence-electron chi connectivity index (χ0n) is 14.1. The van der Waals surface area contributed by atoms with E-state index in [0.29, 0.717) is 17.2 Å². The highest BCUT2D eigenvalue weighted by molar-refractivity contribution is 7.99. The molecule has 0 spiro atoms. The van der Waals surface area contributed by atoms with Crippen LogP contribution in [0, 0.1) is 0 Å². The van der Waals surface area contributed by atoms with E-state index in [9.17, 15) is 9.59 Å². The number of thioether (sulfide) groups is 1. The number of nitrogens with two attached hydrogens (primary N) is 1. The van der Waals surface area contributed by atoms with Gasteiger partial charge in [-0.2, -0.15) is 0 Å². The van der Waals surface area contributed by atoms with Gasteiger partial charge in [0, 0.05) is 12.5 Å². The summed E-state index contributed by atoms with van der Waals surface area (Å²) >= 11 is 1.36. The van der Waals surface area contributed by atoms with Gasteiger partial charge in [0.2, 0.25) is 5.91 Å². The number of carbonyl (C=O) groups is 2. The molecule has 1 fully saturated rings. The van der Waals surface area contributed by atoms with Gasteiger partial charge in [0.05, 0.1) is 17.0 Å². The fraction of sp³-hybridized carbons (Fsp3) is 0.412. The summed E-state index contributed by atoms with van der Waals surface area (Å²) in [5.41, 5.74) is 6.05. The predicted molar refractivity (Wildman–Crippen MR) is 96.6 cm³/mol. The minimum Gasteiger partial charge on any atom is -0.366 e. The number of nitrogens with one attached hydrogen (secondary N) is 1. The number of para-hydroxylation sites is 1. The first-order valence-electron chi connectivity index (χ1n) is 8.34. The highest BCUT2D eigenvalue weighted by atomic mass is 32.2. The summed E-state index contributed by atoms with van der Waals surface area (Å²) in [5, 5.41) is 12.0. The lowest BCUT2D eigenvalue weighted by atomic mass is 10.1. The molecule has 0 saturated heterocycles. The van der Waals surface area contributed by atoms with Crippen molar-refractivity contribution in [1.29, 1.82) is 0 Å². The van der Waals surface area contributed by atoms with E-state index >= 15 is 0 Å². The first kappa shape index (κ1) is 17.5. The Morgan fingerprint density at radius 1 is 1.32 bits per heavy atom. The maximum Gasteiger partial charge on any atom is 0.250 e. The quantitative estimate of drug-likeness (QED) is 0.705. The Balaban J connectivity index is 1.64. The minimum atomic E-state index is -0.569. The molecule has 2 aromatic rings. The molecule has 3 rings (SSSR count). The summed E-state index contributed by atoms with van der Waals surface area (Å²) in [4.78, 5) is 23.7. The molecule has 3 N–H and O–H groups in total. The van der Waals surface area contributed by atoms with Crippen LogP contribution in [0.2, 0.25) is 0 Å². The largest absolute Gasteiger partial charge is 0.366 e. The number of amides is 2. The molecule has 1 aromatic carbocycles. The van der Waals surface area contributed by atoms with Crippen molar-refractivity contribution in [2.45, 2.75) is 43.8 Å². The normalized spacial score (nSPS) is 13.6. The van der Waals surface area contributed by atoms with Crippen LogP contribution < -0.4 is 11.1 Å². The van der Waals surface area contributed by atoms with Gasteiger partial charge in [0.25, 0.3) is 5.91 Å². The van der Waals surface area contributed by atoms with Crippen LogP contribution in [0.15, 0.2) is 29.4 Å². The van der Waals surface area contributed by atoms with Gasteiger partial charge in [-0.15, -0.1) is 10.2 Å². The van der Waals surface area contributed by atoms with Crippen molar-refractivity contribution in [2.75, 3.05) is 11.1 Å². The molecular formula is C17H21N5O2S. The molecule has 0 bridgehead atoms. The zero-order chi connectivity index (χ0) is 17.8. The Bertz CT molecular complexity index is 785. The van der Waals surface area contributed by atoms with Crippen LogP contribution in [0.4, 0.5) is 5.69 Å². The molecule has 1 aromatic heterocycles. The van der Waals surface area contributed by atoms with Crippen molar-refractivity contribution in [1.82, 2.24) is 14.8 Å². The molecule has 132 valence electrons. The second-order valence-corrected chi connectivity index (χ2v) is 6.96. The topological polar surface area (TPSA) is 103 Å². The van der Waals surface area contributed by atoms with E-state index in [-0.39, 0.29) is 11.7 Å². The highest BCUT2D eigenvalue weighted by Gasteiger charge is 2.30. The van der Waals surface area contributed by atoms with Crippen LogP contribution in [-0.2, 0) is 11.3 Å². The molecule has 0 radical (unpaired) electrons. The van der Waals surface area contributed by atoms with Gasteiger partial charge in [-0.1, -0.05) is 30.8 Å². The van der Waals surface area contributed by atoms with E-state index in [1.807, 2.05) is 0 Å². The van der Waals surface area contributed by atoms with Gasteiger partial charge in [-0.25, -0.2) is 0 Å². The maximum absolute atomic E-state index is 12.2. The van der Waals surface area contributed by atoms with Gasteiger partial charge >= 0.3 is 0 Å². The summed E-state index contributed by atoms with van der Waals surface area (Å²) in [6, 6.07) is 6.70. The van der Waals surface area contributed by atoms with Crippen molar-refractivity contribution < 1.29 is 9.59 Å². The van der Waals surface area contributed by atoms with Gasteiger partial charge in [0.15, 0.2) is 5.16 Å². The van der Waals surface area contributed by atoms with Crippen molar-refractivity contribution in [3.8, 4) is 0 Å². The maximum atomic E-state index is 12.2. The number of aromatic nitrogens is 3. The molecule has 0 atom stereocenters. The van der Waals surface area contributed by atoms with E-state index in [0.717, 1.165) is 36.8 Å². The monoisotopic (exact) mass is 359 g/mol. The minimum absolute atomic E-state index is 0.194. The lowest BCUT2D eigenvalue weighted by Crippen LogP contribution is -2.19. The molecule has 1 heterocycles. The van der Waals surface area contributed by atoms with E-state index in [1.54, 1.807) is 24.3 Å². The predicted octanol–water partition coefficient (Wildman–Crippen LogP) is 2.40. The number of primary amides is 1. The van der Waals surface area contributed by atoms with E-state index < -0.39 is 5.91 Å². The lowest BCUT2D eigenvalue weighted by molar-refractivity contribution is -0.113. The third-order valence-corrected chi connectivity index (χ3v) is 4.90. The van der Waals surface area contributed by atoms with E-state index in [4.69, 9.17) is 5.73 Å². The van der Waals surface area contributed by atoms with Crippen LogP contribution in [0.5, 0.6) is 0 Å². The Labute approximate surface area is 150 Å². The van der Waals surface area contributed by atoms with Crippen molar-refractivity contribution >= 4 is 29.3 Å². The van der Waals surface area contributed by atoms with Crippen LogP contribution >= 0.6 is 11.8 Å². The molecule has 2 amide bonds. The summed E-state index contributed by atoms with van der Waals surface area (Å²) in [6.45, 7) is 2.96. The van der Waals surface area contributed by atoms with E-state index in [1.165, 1.54) is 11.8 Å². The average molecular weight is 359 g/mol. The number of nitrogens with zero attached hydrogens (tertiary/aromatic N) is 3. The molecular weight excluding hydrogens is 338 g/mol. The molecule has 0 aliphatic heterocycles.